The van der Waals surface area contributed by atoms with Crippen LogP contribution in [0.2, 0.25) is 0 Å². The molecule has 1 N–H and O–H groups in total. The topological polar surface area (TPSA) is 39.1 Å². The number of hydrogen-bond donors (Lipinski definition) is 1. The summed E-state index contributed by atoms with van der Waals surface area (Å²) in [6.07, 6.45) is 3.55. The first-order chi connectivity index (χ1) is 7.79. The second-order valence-corrected chi connectivity index (χ2v) is 3.50. The third-order valence-corrected chi connectivity index (χ3v) is 2.30. The molecule has 0 bridgehead atoms. The molecule has 16 heavy (non-hydrogen) atoms. The van der Waals surface area contributed by atoms with E-state index < -0.39 is 0 Å². The molecule has 1 aromatic carbocycles. The van der Waals surface area contributed by atoms with Crippen LogP contribution in [0.3, 0.4) is 0 Å². The largest absolute Gasteiger partial charge is 0.472 e. The molecule has 0 saturated carbocycles. The van der Waals surface area contributed by atoms with Gasteiger partial charge in [0.25, 0.3) is 0 Å². The monoisotopic (exact) mass is 217 g/mol. The van der Waals surface area contributed by atoms with Crippen molar-refractivity contribution in [1.29, 1.82) is 0 Å². The maximum absolute atomic E-state index is 5.57. The van der Waals surface area contributed by atoms with E-state index in [-0.39, 0.29) is 6.23 Å². The Morgan fingerprint density at radius 2 is 2.06 bits per heavy atom. The van der Waals surface area contributed by atoms with Crippen molar-refractivity contribution in [2.45, 2.75) is 13.2 Å². The Hall–Kier alpha value is -1.81. The molecule has 0 amide bonds. The molecule has 0 spiro atoms. The predicted molar refractivity (Wildman–Crippen MR) is 62.7 cm³/mol. The van der Waals surface area contributed by atoms with Gasteiger partial charge in [-0.1, -0.05) is 18.2 Å². The molecule has 4 nitrogen and oxygen atoms in total. The second kappa shape index (κ2) is 4.81. The van der Waals surface area contributed by atoms with E-state index in [0.717, 1.165) is 11.4 Å². The van der Waals surface area contributed by atoms with E-state index in [1.54, 1.807) is 10.9 Å². The quantitative estimate of drug-likeness (QED) is 0.794. The maximum Gasteiger partial charge on any atom is 0.160 e. The van der Waals surface area contributed by atoms with Crippen molar-refractivity contribution in [2.24, 2.45) is 0 Å². The fourth-order valence-corrected chi connectivity index (χ4v) is 1.35. The number of nitrogens with zero attached hydrogens (tertiary/aromatic N) is 2. The van der Waals surface area contributed by atoms with Gasteiger partial charge < -0.3 is 4.74 Å². The average Bonchev–Trinajstić information content (AvgIpc) is 2.78. The fraction of sp³-hybridized carbons (Fsp3) is 0.250. The molecule has 0 fully saturated rings. The normalized spacial score (nSPS) is 12.4. The van der Waals surface area contributed by atoms with E-state index in [0.29, 0.717) is 0 Å². The Labute approximate surface area is 94.9 Å². The Morgan fingerprint density at radius 3 is 2.75 bits per heavy atom. The molecule has 0 aliphatic rings. The van der Waals surface area contributed by atoms with Crippen molar-refractivity contribution < 1.29 is 4.74 Å². The summed E-state index contributed by atoms with van der Waals surface area (Å²) in [5, 5.41) is 7.24. The van der Waals surface area contributed by atoms with Gasteiger partial charge in [-0.25, -0.2) is 4.68 Å². The highest BCUT2D eigenvalue weighted by Gasteiger charge is 2.04. The van der Waals surface area contributed by atoms with Gasteiger partial charge in [0, 0.05) is 0 Å². The van der Waals surface area contributed by atoms with Crippen molar-refractivity contribution in [3.05, 3.63) is 42.7 Å². The van der Waals surface area contributed by atoms with Crippen molar-refractivity contribution in [1.82, 2.24) is 15.1 Å². The highest BCUT2D eigenvalue weighted by atomic mass is 16.5. The van der Waals surface area contributed by atoms with Crippen molar-refractivity contribution in [3.8, 4) is 11.4 Å². The van der Waals surface area contributed by atoms with Crippen molar-refractivity contribution >= 4 is 0 Å². The zero-order valence-electron chi connectivity index (χ0n) is 9.42. The number of benzene rings is 1. The lowest BCUT2D eigenvalue weighted by Gasteiger charge is -2.10. The molecular formula is C12H15N3O. The summed E-state index contributed by atoms with van der Waals surface area (Å²) < 4.78 is 7.36. The van der Waals surface area contributed by atoms with Gasteiger partial charge in [0.1, 0.15) is 6.23 Å². The first-order valence-corrected chi connectivity index (χ1v) is 5.23. The predicted octanol–water partition coefficient (Wildman–Crippen LogP) is 1.82. The van der Waals surface area contributed by atoms with Crippen LogP contribution in [-0.4, -0.2) is 23.1 Å². The lowest BCUT2D eigenvalue weighted by Crippen LogP contribution is -2.27. The van der Waals surface area contributed by atoms with Gasteiger partial charge in [0.2, 0.25) is 0 Å². The van der Waals surface area contributed by atoms with Gasteiger partial charge in [-0.05, 0) is 26.1 Å². The number of nitrogens with one attached hydrogen (secondary N) is 1. The molecule has 84 valence electrons. The number of ether oxygens (including phenoxy) is 1. The minimum absolute atomic E-state index is 0.0200. The molecule has 1 unspecified atom stereocenters. The molecule has 4 heteroatoms. The van der Waals surface area contributed by atoms with Crippen LogP contribution in [-0.2, 0) is 0 Å². The molecule has 2 aromatic rings. The minimum Gasteiger partial charge on any atom is -0.472 e. The molecule has 0 aliphatic heterocycles. The summed E-state index contributed by atoms with van der Waals surface area (Å²) in [6, 6.07) is 9.94. The van der Waals surface area contributed by atoms with Crippen LogP contribution >= 0.6 is 0 Å². The smallest absolute Gasteiger partial charge is 0.160 e. The summed E-state index contributed by atoms with van der Waals surface area (Å²) in [7, 11) is 1.85. The van der Waals surface area contributed by atoms with Crippen LogP contribution in [0.1, 0.15) is 6.92 Å². The zero-order chi connectivity index (χ0) is 11.4. The summed E-state index contributed by atoms with van der Waals surface area (Å²) in [5.74, 6) is 0.755. The number of rotatable bonds is 4. The summed E-state index contributed by atoms with van der Waals surface area (Å²) in [4.78, 5) is 0. The molecule has 1 aromatic heterocycles. The van der Waals surface area contributed by atoms with E-state index in [1.807, 2.05) is 50.5 Å². The van der Waals surface area contributed by atoms with Crippen LogP contribution < -0.4 is 10.1 Å². The molecule has 1 heterocycles. The first kappa shape index (κ1) is 10.7. The molecule has 0 radical (unpaired) electrons. The number of para-hydroxylation sites is 1. The van der Waals surface area contributed by atoms with Crippen LogP contribution in [0.15, 0.2) is 42.7 Å². The van der Waals surface area contributed by atoms with Crippen LogP contribution in [0.5, 0.6) is 5.75 Å². The molecule has 1 atom stereocenters. The summed E-state index contributed by atoms with van der Waals surface area (Å²) in [5.41, 5.74) is 1.02. The van der Waals surface area contributed by atoms with E-state index in [1.165, 1.54) is 0 Å². The van der Waals surface area contributed by atoms with E-state index >= 15 is 0 Å². The van der Waals surface area contributed by atoms with Crippen molar-refractivity contribution in [2.75, 3.05) is 7.05 Å². The lowest BCUT2D eigenvalue weighted by atomic mass is 10.3. The third kappa shape index (κ3) is 2.41. The zero-order valence-corrected chi connectivity index (χ0v) is 9.42. The Morgan fingerprint density at radius 1 is 1.31 bits per heavy atom. The van der Waals surface area contributed by atoms with Gasteiger partial charge in [0.05, 0.1) is 18.1 Å². The van der Waals surface area contributed by atoms with E-state index in [2.05, 4.69) is 10.4 Å². The van der Waals surface area contributed by atoms with Gasteiger partial charge >= 0.3 is 0 Å². The summed E-state index contributed by atoms with van der Waals surface area (Å²) >= 11 is 0. The van der Waals surface area contributed by atoms with Crippen LogP contribution in [0, 0.1) is 0 Å². The maximum atomic E-state index is 5.57. The molecule has 0 aliphatic carbocycles. The van der Waals surface area contributed by atoms with Crippen molar-refractivity contribution in [3.63, 3.8) is 0 Å². The van der Waals surface area contributed by atoms with Gasteiger partial charge in [-0.2, -0.15) is 5.10 Å². The average molecular weight is 217 g/mol. The Bertz CT molecular complexity index is 439. The SMILES string of the molecule is CNC(C)Oc1cnn(-c2ccccc2)c1. The van der Waals surface area contributed by atoms with Gasteiger partial charge in [-0.3, -0.25) is 5.32 Å². The van der Waals surface area contributed by atoms with Crippen LogP contribution in [0.4, 0.5) is 0 Å². The summed E-state index contributed by atoms with van der Waals surface area (Å²) in [6.45, 7) is 1.94. The standard InChI is InChI=1S/C12H15N3O/c1-10(13-2)16-12-8-14-15(9-12)11-6-4-3-5-7-11/h3-10,13H,1-2H3. The van der Waals surface area contributed by atoms with Crippen LogP contribution in [0.25, 0.3) is 5.69 Å². The molecular weight excluding hydrogens is 202 g/mol. The molecule has 0 saturated heterocycles. The Balaban J connectivity index is 2.14. The number of aromatic nitrogens is 2. The molecule has 2 rings (SSSR count). The second-order valence-electron chi connectivity index (χ2n) is 3.50. The minimum atomic E-state index is -0.0200. The highest BCUT2D eigenvalue weighted by molar-refractivity contribution is 5.32. The van der Waals surface area contributed by atoms with E-state index in [4.69, 9.17) is 4.74 Å². The van der Waals surface area contributed by atoms with Gasteiger partial charge in [0.15, 0.2) is 5.75 Å². The number of hydrogen-bond acceptors (Lipinski definition) is 3. The third-order valence-electron chi connectivity index (χ3n) is 2.30. The Kier molecular flexibility index (Phi) is 3.22. The highest BCUT2D eigenvalue weighted by Crippen LogP contribution is 2.13. The lowest BCUT2D eigenvalue weighted by molar-refractivity contribution is 0.193. The van der Waals surface area contributed by atoms with E-state index in [9.17, 15) is 0 Å². The first-order valence-electron chi connectivity index (χ1n) is 5.23. The fourth-order valence-electron chi connectivity index (χ4n) is 1.35. The van der Waals surface area contributed by atoms with Gasteiger partial charge in [-0.15, -0.1) is 0 Å².